The first-order valence-corrected chi connectivity index (χ1v) is 7.97. The number of hydrogen-bond donors (Lipinski definition) is 2. The first kappa shape index (κ1) is 15.5. The molecule has 21 heavy (non-hydrogen) atoms. The highest BCUT2D eigenvalue weighted by Gasteiger charge is 2.20. The van der Waals surface area contributed by atoms with E-state index in [4.69, 9.17) is 11.6 Å². The van der Waals surface area contributed by atoms with E-state index in [1.54, 1.807) is 0 Å². The lowest BCUT2D eigenvalue weighted by molar-refractivity contribution is 0.601. The van der Waals surface area contributed by atoms with Gasteiger partial charge in [-0.2, -0.15) is 0 Å². The molecule has 8 heteroatoms. The Morgan fingerprint density at radius 2 is 2.10 bits per heavy atom. The number of nitrogens with one attached hydrogen (secondary N) is 2. The highest BCUT2D eigenvalue weighted by atomic mass is 35.5. The molecule has 1 aromatic heterocycles. The zero-order valence-corrected chi connectivity index (χ0v) is 12.7. The molecular weight excluding hydrogens is 317 g/mol. The Bertz CT molecular complexity index is 753. The minimum absolute atomic E-state index is 0.00718. The van der Waals surface area contributed by atoms with Crippen LogP contribution in [0.3, 0.4) is 0 Å². The Balaban J connectivity index is 2.39. The highest BCUT2D eigenvalue weighted by Crippen LogP contribution is 2.27. The van der Waals surface area contributed by atoms with Gasteiger partial charge in [0.1, 0.15) is 16.5 Å². The molecule has 1 aromatic carbocycles. The van der Waals surface area contributed by atoms with Crippen LogP contribution in [0.2, 0.25) is 5.02 Å². The van der Waals surface area contributed by atoms with Crippen molar-refractivity contribution < 1.29 is 12.8 Å². The van der Waals surface area contributed by atoms with Crippen LogP contribution in [0, 0.1) is 5.82 Å². The topological polar surface area (TPSA) is 71.1 Å². The van der Waals surface area contributed by atoms with Crippen LogP contribution in [0.4, 0.5) is 15.9 Å². The third kappa shape index (κ3) is 3.62. The largest absolute Gasteiger partial charge is 0.369 e. The Morgan fingerprint density at radius 3 is 2.76 bits per heavy atom. The van der Waals surface area contributed by atoms with Crippen molar-refractivity contribution in [3.63, 3.8) is 0 Å². The second-order valence-electron chi connectivity index (χ2n) is 4.11. The van der Waals surface area contributed by atoms with Crippen molar-refractivity contribution in [1.29, 1.82) is 0 Å². The highest BCUT2D eigenvalue weighted by molar-refractivity contribution is 7.92. The van der Waals surface area contributed by atoms with Crippen LogP contribution >= 0.6 is 11.6 Å². The maximum absolute atomic E-state index is 13.0. The minimum Gasteiger partial charge on any atom is -0.369 e. The van der Waals surface area contributed by atoms with Gasteiger partial charge in [-0.15, -0.1) is 0 Å². The Labute approximate surface area is 127 Å². The summed E-state index contributed by atoms with van der Waals surface area (Å²) >= 11 is 5.83. The van der Waals surface area contributed by atoms with E-state index in [-0.39, 0.29) is 21.4 Å². The number of aromatic nitrogens is 1. The van der Waals surface area contributed by atoms with Gasteiger partial charge in [0.2, 0.25) is 0 Å². The number of rotatable bonds is 5. The molecule has 0 amide bonds. The number of nitrogens with zero attached hydrogens (tertiary/aromatic N) is 1. The maximum Gasteiger partial charge on any atom is 0.265 e. The number of halogens is 2. The van der Waals surface area contributed by atoms with Gasteiger partial charge in [0.25, 0.3) is 10.0 Å². The molecule has 0 aliphatic heterocycles. The molecule has 112 valence electrons. The molecule has 0 saturated heterocycles. The van der Waals surface area contributed by atoms with Crippen LogP contribution in [0.5, 0.6) is 0 Å². The molecular formula is C13H13ClFN3O2S. The van der Waals surface area contributed by atoms with Crippen molar-refractivity contribution in [3.8, 4) is 0 Å². The Morgan fingerprint density at radius 1 is 1.33 bits per heavy atom. The van der Waals surface area contributed by atoms with Crippen molar-refractivity contribution >= 4 is 33.1 Å². The van der Waals surface area contributed by atoms with Crippen LogP contribution in [-0.4, -0.2) is 19.9 Å². The van der Waals surface area contributed by atoms with E-state index in [1.165, 1.54) is 24.4 Å². The van der Waals surface area contributed by atoms with Crippen molar-refractivity contribution in [2.45, 2.75) is 11.8 Å². The fourth-order valence-electron chi connectivity index (χ4n) is 1.68. The third-order valence-electron chi connectivity index (χ3n) is 2.58. The number of hydrogen-bond acceptors (Lipinski definition) is 4. The maximum atomic E-state index is 13.0. The molecule has 0 aliphatic carbocycles. The van der Waals surface area contributed by atoms with E-state index in [2.05, 4.69) is 15.0 Å². The summed E-state index contributed by atoms with van der Waals surface area (Å²) in [6.07, 6.45) is 1.49. The van der Waals surface area contributed by atoms with Crippen LogP contribution in [0.15, 0.2) is 41.4 Å². The predicted molar refractivity (Wildman–Crippen MR) is 80.6 cm³/mol. The normalized spacial score (nSPS) is 11.2. The second-order valence-corrected chi connectivity index (χ2v) is 6.17. The van der Waals surface area contributed by atoms with Crippen molar-refractivity contribution in [2.75, 3.05) is 16.6 Å². The Hall–Kier alpha value is -1.86. The first-order chi connectivity index (χ1) is 9.94. The van der Waals surface area contributed by atoms with Gasteiger partial charge >= 0.3 is 0 Å². The second kappa shape index (κ2) is 6.28. The lowest BCUT2D eigenvalue weighted by Gasteiger charge is -2.12. The molecule has 2 N–H and O–H groups in total. The molecule has 0 saturated carbocycles. The van der Waals surface area contributed by atoms with Gasteiger partial charge in [-0.3, -0.25) is 4.72 Å². The number of sulfonamides is 1. The zero-order valence-electron chi connectivity index (χ0n) is 11.1. The molecule has 2 aromatic rings. The van der Waals surface area contributed by atoms with Crippen LogP contribution in [0.1, 0.15) is 6.92 Å². The quantitative estimate of drug-likeness (QED) is 0.884. The third-order valence-corrected chi connectivity index (χ3v) is 4.29. The van der Waals surface area contributed by atoms with E-state index in [9.17, 15) is 12.8 Å². The van der Waals surface area contributed by atoms with E-state index >= 15 is 0 Å². The SMILES string of the molecule is CCNc1ncccc1S(=O)(=O)Nc1ccc(F)cc1Cl. The van der Waals surface area contributed by atoms with Gasteiger partial charge in [0.05, 0.1) is 10.7 Å². The molecule has 0 radical (unpaired) electrons. The fraction of sp³-hybridized carbons (Fsp3) is 0.154. The average Bonchev–Trinajstić information content (AvgIpc) is 2.43. The molecule has 0 fully saturated rings. The molecule has 1 heterocycles. The van der Waals surface area contributed by atoms with Crippen LogP contribution in [0.25, 0.3) is 0 Å². The number of benzene rings is 1. The molecule has 5 nitrogen and oxygen atoms in total. The summed E-state index contributed by atoms with van der Waals surface area (Å²) in [7, 11) is -3.88. The summed E-state index contributed by atoms with van der Waals surface area (Å²) in [6, 6.07) is 6.36. The van der Waals surface area contributed by atoms with Gasteiger partial charge in [-0.1, -0.05) is 11.6 Å². The van der Waals surface area contributed by atoms with E-state index in [1.807, 2.05) is 6.92 Å². The van der Waals surface area contributed by atoms with Crippen molar-refractivity contribution in [3.05, 3.63) is 47.4 Å². The van der Waals surface area contributed by atoms with Crippen LogP contribution in [-0.2, 0) is 10.0 Å². The van der Waals surface area contributed by atoms with Gasteiger partial charge < -0.3 is 5.32 Å². The van der Waals surface area contributed by atoms with E-state index < -0.39 is 15.8 Å². The molecule has 0 spiro atoms. The smallest absolute Gasteiger partial charge is 0.265 e. The monoisotopic (exact) mass is 329 g/mol. The summed E-state index contributed by atoms with van der Waals surface area (Å²) in [6.45, 7) is 2.35. The summed E-state index contributed by atoms with van der Waals surface area (Å²) in [5.74, 6) is -0.302. The summed E-state index contributed by atoms with van der Waals surface area (Å²) in [5, 5.41) is 2.85. The summed E-state index contributed by atoms with van der Waals surface area (Å²) < 4.78 is 40.1. The molecule has 0 unspecified atom stereocenters. The fourth-order valence-corrected chi connectivity index (χ4v) is 3.16. The summed E-state index contributed by atoms with van der Waals surface area (Å²) in [5.41, 5.74) is 0.101. The van der Waals surface area contributed by atoms with Gasteiger partial charge in [-0.05, 0) is 37.3 Å². The molecule has 2 rings (SSSR count). The first-order valence-electron chi connectivity index (χ1n) is 6.11. The van der Waals surface area contributed by atoms with Gasteiger partial charge in [0, 0.05) is 12.7 Å². The Kier molecular flexibility index (Phi) is 4.64. The minimum atomic E-state index is -3.88. The van der Waals surface area contributed by atoms with Gasteiger partial charge in [0.15, 0.2) is 0 Å². The van der Waals surface area contributed by atoms with Crippen molar-refractivity contribution in [1.82, 2.24) is 4.98 Å². The number of pyridine rings is 1. The van der Waals surface area contributed by atoms with E-state index in [0.29, 0.717) is 6.54 Å². The van der Waals surface area contributed by atoms with Crippen LogP contribution < -0.4 is 10.0 Å². The molecule has 0 atom stereocenters. The van der Waals surface area contributed by atoms with E-state index in [0.717, 1.165) is 12.1 Å². The molecule has 0 bridgehead atoms. The number of anilines is 2. The lowest BCUT2D eigenvalue weighted by Crippen LogP contribution is -2.16. The average molecular weight is 330 g/mol. The zero-order chi connectivity index (χ0) is 15.5. The standard InChI is InChI=1S/C13H13ClFN3O2S/c1-2-16-13-12(4-3-7-17-13)21(19,20)18-11-6-5-9(15)8-10(11)14/h3-8,18H,2H2,1H3,(H,16,17). The predicted octanol–water partition coefficient (Wildman–Crippen LogP) is 3.11. The summed E-state index contributed by atoms with van der Waals surface area (Å²) in [4.78, 5) is 3.98. The van der Waals surface area contributed by atoms with Gasteiger partial charge in [-0.25, -0.2) is 17.8 Å². The lowest BCUT2D eigenvalue weighted by atomic mass is 10.3. The van der Waals surface area contributed by atoms with Crippen molar-refractivity contribution in [2.24, 2.45) is 0 Å². The molecule has 0 aliphatic rings.